The second-order valence-corrected chi connectivity index (χ2v) is 17.0. The maximum Gasteiger partial charge on any atom is 0.311 e. The van der Waals surface area contributed by atoms with Crippen molar-refractivity contribution in [3.8, 4) is 0 Å². The average molecular weight is 718 g/mol. The SMILES string of the molecule is COC1[C@H](C)CC(C)(C)[C@H](OC2OC(C)CC(N(C)C)C2O)[C@@H](C)[C@H](OC2CC(C)(OC)C(O)C(C)O2)[C@@H](C)C(=O)O[C@H](C)[C@H](C)[C@H](O)[C@H]1C. The van der Waals surface area contributed by atoms with Crippen LogP contribution >= 0.6 is 0 Å². The summed E-state index contributed by atoms with van der Waals surface area (Å²) in [4.78, 5) is 16.0. The zero-order valence-corrected chi connectivity index (χ0v) is 33.5. The van der Waals surface area contributed by atoms with Gasteiger partial charge in [0.15, 0.2) is 12.6 Å². The minimum Gasteiger partial charge on any atom is -0.462 e. The van der Waals surface area contributed by atoms with Gasteiger partial charge in [-0.3, -0.25) is 4.79 Å². The molecule has 18 atom stereocenters. The van der Waals surface area contributed by atoms with Crippen LogP contribution in [-0.4, -0.2) is 134 Å². The summed E-state index contributed by atoms with van der Waals surface area (Å²) in [5.41, 5.74) is -1.52. The van der Waals surface area contributed by atoms with E-state index in [-0.39, 0.29) is 42.4 Å². The molecule has 12 heteroatoms. The van der Waals surface area contributed by atoms with E-state index in [4.69, 9.17) is 33.2 Å². The number of carbonyl (C=O) groups excluding carboxylic acids is 1. The van der Waals surface area contributed by atoms with Crippen molar-refractivity contribution in [3.63, 3.8) is 0 Å². The molecular weight excluding hydrogens is 646 g/mol. The van der Waals surface area contributed by atoms with Gasteiger partial charge in [0.25, 0.3) is 0 Å². The van der Waals surface area contributed by atoms with E-state index in [1.807, 2.05) is 53.6 Å². The van der Waals surface area contributed by atoms with Gasteiger partial charge >= 0.3 is 5.97 Å². The maximum atomic E-state index is 14.0. The maximum absolute atomic E-state index is 14.0. The standard InChI is InChI=1S/C38H71NO11/c1-19-17-37(9,10)34(50-36-30(41)27(39(12)13)16-20(2)46-36)23(5)32(49-28-18-38(11,45-15)33(42)26(8)47-28)24(6)35(43)48-25(7)21(3)29(40)22(4)31(19)44-14/h19-34,36,40-42H,16-18H2,1-15H3/t19-,20?,21+,22-,23+,24-,25-,26?,27?,28?,29+,30?,31?,32+,33?,34-,36?,38?/m1/s1. The van der Waals surface area contributed by atoms with Crippen LogP contribution in [0.5, 0.6) is 0 Å². The quantitative estimate of drug-likeness (QED) is 0.328. The van der Waals surface area contributed by atoms with Crippen LogP contribution in [0.1, 0.15) is 95.4 Å². The molecule has 3 aliphatic heterocycles. The Balaban J connectivity index is 2.15. The molecule has 3 fully saturated rings. The largest absolute Gasteiger partial charge is 0.462 e. The van der Waals surface area contributed by atoms with Gasteiger partial charge in [0.2, 0.25) is 0 Å². The smallest absolute Gasteiger partial charge is 0.311 e. The first-order valence-corrected chi connectivity index (χ1v) is 18.7. The molecule has 0 aromatic rings. The highest BCUT2D eigenvalue weighted by molar-refractivity contribution is 5.73. The third-order valence-electron chi connectivity index (χ3n) is 12.3. The summed E-state index contributed by atoms with van der Waals surface area (Å²) in [6.45, 7) is 21.4. The van der Waals surface area contributed by atoms with Crippen molar-refractivity contribution in [2.45, 2.75) is 175 Å². The van der Waals surface area contributed by atoms with Crippen molar-refractivity contribution in [1.82, 2.24) is 4.90 Å². The lowest BCUT2D eigenvalue weighted by Crippen LogP contribution is -2.59. The molecule has 12 nitrogen and oxygen atoms in total. The van der Waals surface area contributed by atoms with E-state index in [1.165, 1.54) is 0 Å². The monoisotopic (exact) mass is 718 g/mol. The van der Waals surface area contributed by atoms with Crippen LogP contribution in [0.3, 0.4) is 0 Å². The number of cyclic esters (lactones) is 1. The van der Waals surface area contributed by atoms with Gasteiger partial charge in [0.05, 0.1) is 48.1 Å². The van der Waals surface area contributed by atoms with E-state index < -0.39 is 84.1 Å². The molecule has 9 unspecified atom stereocenters. The minimum atomic E-state index is -0.940. The number of likely N-dealkylation sites (N-methyl/N-ethyl adjacent to an activating group) is 1. The zero-order valence-electron chi connectivity index (χ0n) is 33.5. The molecule has 0 amide bonds. The normalized spacial score (nSPS) is 48.5. The van der Waals surface area contributed by atoms with Gasteiger partial charge in [-0.2, -0.15) is 0 Å². The average Bonchev–Trinajstić information content (AvgIpc) is 3.04. The fourth-order valence-corrected chi connectivity index (χ4v) is 8.97. The molecule has 0 bridgehead atoms. The van der Waals surface area contributed by atoms with Crippen molar-refractivity contribution < 1.29 is 53.3 Å². The summed E-state index contributed by atoms with van der Waals surface area (Å²) in [6, 6.07) is -0.181. The topological polar surface area (TPSA) is 146 Å². The molecule has 0 radical (unpaired) electrons. The summed E-state index contributed by atoms with van der Waals surface area (Å²) in [5.74, 6) is -2.34. The number of esters is 1. The predicted octanol–water partition coefficient (Wildman–Crippen LogP) is 4.00. The van der Waals surface area contributed by atoms with Gasteiger partial charge < -0.3 is 53.4 Å². The Morgan fingerprint density at radius 3 is 1.96 bits per heavy atom. The molecule has 3 saturated heterocycles. The molecule has 3 N–H and O–H groups in total. The molecule has 3 rings (SSSR count). The third-order valence-corrected chi connectivity index (χ3v) is 12.3. The number of aliphatic hydroxyl groups is 3. The van der Waals surface area contributed by atoms with Crippen LogP contribution < -0.4 is 0 Å². The van der Waals surface area contributed by atoms with Crippen LogP contribution in [0.2, 0.25) is 0 Å². The number of nitrogens with zero attached hydrogens (tertiary/aromatic N) is 1. The molecule has 0 aromatic heterocycles. The second kappa shape index (κ2) is 17.5. The fourth-order valence-electron chi connectivity index (χ4n) is 8.97. The Hall–Kier alpha value is -0.930. The summed E-state index contributed by atoms with van der Waals surface area (Å²) in [6.07, 6.45) is -5.87. The first-order chi connectivity index (χ1) is 23.1. The third kappa shape index (κ3) is 9.59. The Morgan fingerprint density at radius 1 is 0.780 bits per heavy atom. The first-order valence-electron chi connectivity index (χ1n) is 18.7. The summed E-state index contributed by atoms with van der Waals surface area (Å²) in [5, 5.41) is 34.0. The zero-order chi connectivity index (χ0) is 38.0. The van der Waals surface area contributed by atoms with E-state index in [9.17, 15) is 20.1 Å². The number of aliphatic hydroxyl groups excluding tert-OH is 3. The molecule has 0 aromatic carbocycles. The van der Waals surface area contributed by atoms with Crippen molar-refractivity contribution in [1.29, 1.82) is 0 Å². The summed E-state index contributed by atoms with van der Waals surface area (Å²) >= 11 is 0. The molecule has 0 aliphatic carbocycles. The molecule has 0 saturated carbocycles. The van der Waals surface area contributed by atoms with Crippen molar-refractivity contribution in [2.75, 3.05) is 28.3 Å². The number of ether oxygens (including phenoxy) is 7. The van der Waals surface area contributed by atoms with Crippen molar-refractivity contribution in [3.05, 3.63) is 0 Å². The Kier molecular flexibility index (Phi) is 15.2. The highest BCUT2D eigenvalue weighted by atomic mass is 16.7. The van der Waals surface area contributed by atoms with Crippen LogP contribution in [0, 0.1) is 35.0 Å². The number of carbonyl (C=O) groups is 1. The van der Waals surface area contributed by atoms with Crippen molar-refractivity contribution in [2.24, 2.45) is 35.0 Å². The van der Waals surface area contributed by atoms with E-state index in [0.717, 1.165) is 0 Å². The van der Waals surface area contributed by atoms with Crippen LogP contribution in [0.15, 0.2) is 0 Å². The first kappa shape index (κ1) is 43.5. The molecule has 0 spiro atoms. The lowest BCUT2D eigenvalue weighted by atomic mass is 9.69. The molecular formula is C38H71NO11. The van der Waals surface area contributed by atoms with E-state index in [2.05, 4.69) is 20.8 Å². The van der Waals surface area contributed by atoms with E-state index >= 15 is 0 Å². The minimum absolute atomic E-state index is 0.0141. The van der Waals surface area contributed by atoms with Crippen LogP contribution in [-0.2, 0) is 38.0 Å². The number of rotatable bonds is 7. The Morgan fingerprint density at radius 2 is 1.40 bits per heavy atom. The highest BCUT2D eigenvalue weighted by Crippen LogP contribution is 2.44. The van der Waals surface area contributed by atoms with Gasteiger partial charge in [0.1, 0.15) is 18.3 Å². The highest BCUT2D eigenvalue weighted by Gasteiger charge is 2.51. The fraction of sp³-hybridized carbons (Fsp3) is 0.974. The van der Waals surface area contributed by atoms with Gasteiger partial charge in [-0.1, -0.05) is 41.5 Å². The summed E-state index contributed by atoms with van der Waals surface area (Å²) < 4.78 is 44.2. The molecule has 50 heavy (non-hydrogen) atoms. The van der Waals surface area contributed by atoms with Gasteiger partial charge in [-0.15, -0.1) is 0 Å². The molecule has 3 heterocycles. The van der Waals surface area contributed by atoms with Crippen LogP contribution in [0.25, 0.3) is 0 Å². The predicted molar refractivity (Wildman–Crippen MR) is 189 cm³/mol. The van der Waals surface area contributed by atoms with Gasteiger partial charge in [-0.05, 0) is 72.9 Å². The Labute approximate surface area is 301 Å². The van der Waals surface area contributed by atoms with Crippen molar-refractivity contribution >= 4 is 5.97 Å². The molecule has 294 valence electrons. The number of hydrogen-bond donors (Lipinski definition) is 3. The van der Waals surface area contributed by atoms with E-state index in [1.54, 1.807) is 35.0 Å². The lowest BCUT2D eigenvalue weighted by molar-refractivity contribution is -0.313. The molecule has 3 aliphatic rings. The Bertz CT molecular complexity index is 1080. The second-order valence-electron chi connectivity index (χ2n) is 17.0. The summed E-state index contributed by atoms with van der Waals surface area (Å²) in [7, 11) is 7.10. The van der Waals surface area contributed by atoms with Gasteiger partial charge in [-0.25, -0.2) is 0 Å². The van der Waals surface area contributed by atoms with Gasteiger partial charge in [0, 0.05) is 44.4 Å². The van der Waals surface area contributed by atoms with E-state index in [0.29, 0.717) is 12.8 Å². The van der Waals surface area contributed by atoms with Crippen LogP contribution in [0.4, 0.5) is 0 Å². The number of hydrogen-bond acceptors (Lipinski definition) is 12. The number of methoxy groups -OCH3 is 2. The lowest BCUT2D eigenvalue weighted by Gasteiger charge is -2.50.